The molecular weight excluding hydrogens is 236 g/mol. The SMILES string of the molecule is CCC(C)(C)CNc1nc(C(C)C)nc(NC)c1C. The Morgan fingerprint density at radius 3 is 2.21 bits per heavy atom. The Morgan fingerprint density at radius 2 is 1.74 bits per heavy atom. The highest BCUT2D eigenvalue weighted by molar-refractivity contribution is 5.57. The molecule has 0 amide bonds. The monoisotopic (exact) mass is 264 g/mol. The molecule has 0 fully saturated rings. The summed E-state index contributed by atoms with van der Waals surface area (Å²) >= 11 is 0. The van der Waals surface area contributed by atoms with E-state index in [1.54, 1.807) is 0 Å². The minimum absolute atomic E-state index is 0.273. The zero-order valence-electron chi connectivity index (χ0n) is 13.4. The van der Waals surface area contributed by atoms with Crippen molar-refractivity contribution in [3.63, 3.8) is 0 Å². The Morgan fingerprint density at radius 1 is 1.16 bits per heavy atom. The van der Waals surface area contributed by atoms with E-state index in [4.69, 9.17) is 0 Å². The van der Waals surface area contributed by atoms with Crippen LogP contribution in [0.1, 0.15) is 58.3 Å². The summed E-state index contributed by atoms with van der Waals surface area (Å²) in [5, 5.41) is 6.63. The summed E-state index contributed by atoms with van der Waals surface area (Å²) in [5.41, 5.74) is 1.36. The summed E-state index contributed by atoms with van der Waals surface area (Å²) < 4.78 is 0. The van der Waals surface area contributed by atoms with Crippen LogP contribution in [0.2, 0.25) is 0 Å². The van der Waals surface area contributed by atoms with Crippen LogP contribution in [0.4, 0.5) is 11.6 Å². The molecule has 19 heavy (non-hydrogen) atoms. The van der Waals surface area contributed by atoms with Crippen LogP contribution < -0.4 is 10.6 Å². The van der Waals surface area contributed by atoms with E-state index in [0.717, 1.165) is 36.0 Å². The third-order valence-electron chi connectivity index (χ3n) is 3.61. The van der Waals surface area contributed by atoms with Crippen LogP contribution in [-0.4, -0.2) is 23.6 Å². The molecule has 0 radical (unpaired) electrons. The number of anilines is 2. The van der Waals surface area contributed by atoms with Gasteiger partial charge in [-0.3, -0.25) is 0 Å². The van der Waals surface area contributed by atoms with Gasteiger partial charge in [0, 0.05) is 25.1 Å². The summed E-state index contributed by atoms with van der Waals surface area (Å²) in [6.07, 6.45) is 1.14. The lowest BCUT2D eigenvalue weighted by Crippen LogP contribution is -2.23. The van der Waals surface area contributed by atoms with Crippen molar-refractivity contribution in [2.75, 3.05) is 24.2 Å². The maximum Gasteiger partial charge on any atom is 0.135 e. The first-order valence-electron chi connectivity index (χ1n) is 7.11. The highest BCUT2D eigenvalue weighted by Gasteiger charge is 2.17. The van der Waals surface area contributed by atoms with Crippen molar-refractivity contribution in [3.8, 4) is 0 Å². The van der Waals surface area contributed by atoms with Gasteiger partial charge in [-0.15, -0.1) is 0 Å². The molecule has 1 aromatic heterocycles. The fourth-order valence-corrected chi connectivity index (χ4v) is 1.66. The molecule has 1 aromatic rings. The Hall–Kier alpha value is -1.32. The highest BCUT2D eigenvalue weighted by atomic mass is 15.1. The highest BCUT2D eigenvalue weighted by Crippen LogP contribution is 2.25. The molecule has 0 atom stereocenters. The number of rotatable bonds is 6. The normalized spacial score (nSPS) is 11.8. The maximum absolute atomic E-state index is 4.66. The van der Waals surface area contributed by atoms with E-state index < -0.39 is 0 Å². The molecule has 1 heterocycles. The predicted molar refractivity (Wildman–Crippen MR) is 83.0 cm³/mol. The second-order valence-electron chi connectivity index (χ2n) is 6.18. The lowest BCUT2D eigenvalue weighted by molar-refractivity contribution is 0.376. The van der Waals surface area contributed by atoms with Crippen LogP contribution in [0.3, 0.4) is 0 Å². The van der Waals surface area contributed by atoms with Crippen molar-refractivity contribution >= 4 is 11.6 Å². The molecule has 0 aliphatic heterocycles. The predicted octanol–water partition coefficient (Wildman–Crippen LogP) is 3.80. The van der Waals surface area contributed by atoms with Crippen LogP contribution in [0.25, 0.3) is 0 Å². The van der Waals surface area contributed by atoms with E-state index in [1.807, 2.05) is 7.05 Å². The van der Waals surface area contributed by atoms with E-state index in [0.29, 0.717) is 5.92 Å². The smallest absolute Gasteiger partial charge is 0.135 e. The average Bonchev–Trinajstić information content (AvgIpc) is 2.37. The Kier molecular flexibility index (Phi) is 5.15. The van der Waals surface area contributed by atoms with Gasteiger partial charge in [0.1, 0.15) is 17.5 Å². The Balaban J connectivity index is 3.02. The maximum atomic E-state index is 4.66. The number of hydrogen-bond donors (Lipinski definition) is 2. The van der Waals surface area contributed by atoms with Crippen LogP contribution in [0.15, 0.2) is 0 Å². The topological polar surface area (TPSA) is 49.8 Å². The molecule has 0 bridgehead atoms. The molecule has 0 aliphatic carbocycles. The second-order valence-corrected chi connectivity index (χ2v) is 6.18. The average molecular weight is 264 g/mol. The summed E-state index contributed by atoms with van der Waals surface area (Å²) in [7, 11) is 1.90. The van der Waals surface area contributed by atoms with E-state index in [-0.39, 0.29) is 5.41 Å². The fraction of sp³-hybridized carbons (Fsp3) is 0.733. The first-order valence-corrected chi connectivity index (χ1v) is 7.11. The molecular formula is C15H28N4. The molecule has 0 saturated carbocycles. The summed E-state index contributed by atoms with van der Waals surface area (Å²) in [4.78, 5) is 9.21. The van der Waals surface area contributed by atoms with Gasteiger partial charge in [-0.25, -0.2) is 9.97 Å². The van der Waals surface area contributed by atoms with E-state index in [1.165, 1.54) is 0 Å². The molecule has 4 heteroatoms. The van der Waals surface area contributed by atoms with Gasteiger partial charge in [0.15, 0.2) is 0 Å². The quantitative estimate of drug-likeness (QED) is 0.820. The Labute approximate surface area is 117 Å². The number of nitrogens with zero attached hydrogens (tertiary/aromatic N) is 2. The number of aromatic nitrogens is 2. The fourth-order valence-electron chi connectivity index (χ4n) is 1.66. The van der Waals surface area contributed by atoms with Crippen molar-refractivity contribution in [1.29, 1.82) is 0 Å². The molecule has 0 spiro atoms. The van der Waals surface area contributed by atoms with E-state index in [9.17, 15) is 0 Å². The number of nitrogens with one attached hydrogen (secondary N) is 2. The van der Waals surface area contributed by atoms with Gasteiger partial charge >= 0.3 is 0 Å². The van der Waals surface area contributed by atoms with Crippen molar-refractivity contribution in [2.45, 2.75) is 53.9 Å². The van der Waals surface area contributed by atoms with Crippen LogP contribution in [-0.2, 0) is 0 Å². The molecule has 0 saturated heterocycles. The van der Waals surface area contributed by atoms with Gasteiger partial charge in [-0.2, -0.15) is 0 Å². The van der Waals surface area contributed by atoms with Gasteiger partial charge in [-0.05, 0) is 18.8 Å². The van der Waals surface area contributed by atoms with Gasteiger partial charge in [-0.1, -0.05) is 34.6 Å². The lowest BCUT2D eigenvalue weighted by Gasteiger charge is -2.24. The van der Waals surface area contributed by atoms with Crippen LogP contribution in [0.5, 0.6) is 0 Å². The molecule has 0 aliphatic rings. The first-order chi connectivity index (χ1) is 8.80. The Bertz CT molecular complexity index is 424. The van der Waals surface area contributed by atoms with Crippen molar-refractivity contribution < 1.29 is 0 Å². The van der Waals surface area contributed by atoms with Gasteiger partial charge < -0.3 is 10.6 Å². The second kappa shape index (κ2) is 6.22. The zero-order valence-corrected chi connectivity index (χ0v) is 13.4. The van der Waals surface area contributed by atoms with E-state index >= 15 is 0 Å². The summed E-state index contributed by atoms with van der Waals surface area (Å²) in [6, 6.07) is 0. The minimum Gasteiger partial charge on any atom is -0.373 e. The zero-order chi connectivity index (χ0) is 14.6. The first kappa shape index (κ1) is 15.7. The summed E-state index contributed by atoms with van der Waals surface area (Å²) in [5.74, 6) is 3.07. The van der Waals surface area contributed by atoms with Crippen molar-refractivity contribution in [1.82, 2.24) is 9.97 Å². The summed E-state index contributed by atoms with van der Waals surface area (Å²) in [6.45, 7) is 13.9. The molecule has 1 rings (SSSR count). The van der Waals surface area contributed by atoms with Gasteiger partial charge in [0.2, 0.25) is 0 Å². The third kappa shape index (κ3) is 4.08. The number of hydrogen-bond acceptors (Lipinski definition) is 4. The largest absolute Gasteiger partial charge is 0.373 e. The lowest BCUT2D eigenvalue weighted by atomic mass is 9.90. The van der Waals surface area contributed by atoms with Crippen molar-refractivity contribution in [3.05, 3.63) is 11.4 Å². The minimum atomic E-state index is 0.273. The van der Waals surface area contributed by atoms with Crippen LogP contribution >= 0.6 is 0 Å². The molecule has 108 valence electrons. The van der Waals surface area contributed by atoms with Crippen LogP contribution in [0, 0.1) is 12.3 Å². The van der Waals surface area contributed by atoms with Crippen molar-refractivity contribution in [2.24, 2.45) is 5.41 Å². The standard InChI is InChI=1S/C15H28N4/c1-8-15(5,6)9-17-14-11(4)13(16-7)18-12(19-14)10(2)3/h10H,8-9H2,1-7H3,(H2,16,17,18,19). The van der Waals surface area contributed by atoms with Gasteiger partial charge in [0.05, 0.1) is 0 Å². The molecule has 2 N–H and O–H groups in total. The van der Waals surface area contributed by atoms with E-state index in [2.05, 4.69) is 62.1 Å². The molecule has 0 unspecified atom stereocenters. The molecule has 0 aromatic carbocycles. The van der Waals surface area contributed by atoms with Gasteiger partial charge in [0.25, 0.3) is 0 Å². The molecule has 4 nitrogen and oxygen atoms in total. The third-order valence-corrected chi connectivity index (χ3v) is 3.61.